The van der Waals surface area contributed by atoms with Gasteiger partial charge in [0, 0.05) is 32.2 Å². The fraction of sp³-hybridized carbons (Fsp3) is 0.526. The molecule has 1 heterocycles. The zero-order valence-electron chi connectivity index (χ0n) is 14.6. The molecule has 1 fully saturated rings. The maximum Gasteiger partial charge on any atom is 0.237 e. The Kier molecular flexibility index (Phi) is 6.81. The van der Waals surface area contributed by atoms with Crippen LogP contribution in [0.1, 0.15) is 18.9 Å². The van der Waals surface area contributed by atoms with Crippen molar-refractivity contribution in [2.45, 2.75) is 19.4 Å². The fourth-order valence-corrected chi connectivity index (χ4v) is 2.96. The van der Waals surface area contributed by atoms with Gasteiger partial charge >= 0.3 is 0 Å². The summed E-state index contributed by atoms with van der Waals surface area (Å²) in [5, 5.41) is 0. The van der Waals surface area contributed by atoms with Gasteiger partial charge in [0.2, 0.25) is 5.91 Å². The Labute approximate surface area is 140 Å². The maximum absolute atomic E-state index is 12.5. The molecule has 1 aromatic carbocycles. The highest BCUT2D eigenvalue weighted by molar-refractivity contribution is 5.78. The predicted octanol–water partition coefficient (Wildman–Crippen LogP) is 2.18. The van der Waals surface area contributed by atoms with Crippen LogP contribution in [0.15, 0.2) is 36.4 Å². The molecule has 1 aliphatic rings. The lowest BCUT2D eigenvalue weighted by Crippen LogP contribution is -2.40. The van der Waals surface area contributed by atoms with E-state index in [2.05, 4.69) is 48.2 Å². The summed E-state index contributed by atoms with van der Waals surface area (Å²) in [4.78, 5) is 18.9. The molecule has 0 radical (unpaired) electrons. The molecule has 0 bridgehead atoms. The number of rotatable bonds is 7. The molecule has 2 rings (SSSR count). The van der Waals surface area contributed by atoms with Gasteiger partial charge in [-0.05, 0) is 33.0 Å². The number of likely N-dealkylation sites (tertiary alicyclic amines) is 1. The van der Waals surface area contributed by atoms with Crippen molar-refractivity contribution >= 4 is 12.0 Å². The van der Waals surface area contributed by atoms with E-state index >= 15 is 0 Å². The highest BCUT2D eigenvalue weighted by atomic mass is 16.2. The van der Waals surface area contributed by atoms with Crippen molar-refractivity contribution in [1.82, 2.24) is 14.7 Å². The average Bonchev–Trinajstić information content (AvgIpc) is 3.01. The average molecular weight is 315 g/mol. The van der Waals surface area contributed by atoms with Crippen molar-refractivity contribution < 1.29 is 4.79 Å². The van der Waals surface area contributed by atoms with E-state index in [1.54, 1.807) is 0 Å². The van der Waals surface area contributed by atoms with Crippen molar-refractivity contribution in [1.29, 1.82) is 0 Å². The van der Waals surface area contributed by atoms with Crippen LogP contribution in [0.4, 0.5) is 0 Å². The minimum absolute atomic E-state index is 0.226. The number of amides is 1. The Hall–Kier alpha value is -1.65. The quantitative estimate of drug-likeness (QED) is 0.772. The van der Waals surface area contributed by atoms with Gasteiger partial charge in [0.05, 0.1) is 6.54 Å². The molecule has 23 heavy (non-hydrogen) atoms. The molecule has 0 aliphatic carbocycles. The standard InChI is InChI=1S/C19H29N3O/c1-4-22(13-8-11-17-9-6-5-7-10-17)19(23)16-21-14-12-18(15-21)20(2)3/h5-11,18H,4,12-16H2,1-3H3/b11-8+/t18-/m0/s1. The summed E-state index contributed by atoms with van der Waals surface area (Å²) in [5.41, 5.74) is 1.17. The first-order valence-corrected chi connectivity index (χ1v) is 8.48. The zero-order chi connectivity index (χ0) is 16.7. The van der Waals surface area contributed by atoms with Crippen molar-refractivity contribution in [3.05, 3.63) is 42.0 Å². The number of hydrogen-bond donors (Lipinski definition) is 0. The van der Waals surface area contributed by atoms with Crippen molar-refractivity contribution in [3.63, 3.8) is 0 Å². The van der Waals surface area contributed by atoms with Crippen molar-refractivity contribution in [2.75, 3.05) is 46.8 Å². The van der Waals surface area contributed by atoms with Crippen molar-refractivity contribution in [2.24, 2.45) is 0 Å². The molecule has 1 saturated heterocycles. The molecule has 0 saturated carbocycles. The lowest BCUT2D eigenvalue weighted by Gasteiger charge is -2.24. The molecule has 0 spiro atoms. The van der Waals surface area contributed by atoms with Gasteiger partial charge in [-0.3, -0.25) is 9.69 Å². The first kappa shape index (κ1) is 17.7. The van der Waals surface area contributed by atoms with Crippen LogP contribution in [-0.2, 0) is 4.79 Å². The molecule has 0 aromatic heterocycles. The summed E-state index contributed by atoms with van der Waals surface area (Å²) in [6.07, 6.45) is 5.30. The summed E-state index contributed by atoms with van der Waals surface area (Å²) in [6, 6.07) is 10.8. The first-order chi connectivity index (χ1) is 11.1. The van der Waals surface area contributed by atoms with Crippen LogP contribution in [0.3, 0.4) is 0 Å². The number of hydrogen-bond acceptors (Lipinski definition) is 3. The van der Waals surface area contributed by atoms with E-state index < -0.39 is 0 Å². The van der Waals surface area contributed by atoms with Crippen LogP contribution >= 0.6 is 0 Å². The van der Waals surface area contributed by atoms with E-state index in [1.807, 2.05) is 30.0 Å². The molecule has 0 N–H and O–H groups in total. The molecule has 1 aromatic rings. The topological polar surface area (TPSA) is 26.8 Å². The summed E-state index contributed by atoms with van der Waals surface area (Å²) < 4.78 is 0. The molecule has 1 atom stereocenters. The lowest BCUT2D eigenvalue weighted by molar-refractivity contribution is -0.131. The summed E-state index contributed by atoms with van der Waals surface area (Å²) in [6.45, 7) is 6.03. The highest BCUT2D eigenvalue weighted by Crippen LogP contribution is 2.13. The molecule has 0 unspecified atom stereocenters. The van der Waals surface area contributed by atoms with Gasteiger partial charge in [-0.2, -0.15) is 0 Å². The summed E-state index contributed by atoms with van der Waals surface area (Å²) in [5.74, 6) is 0.226. The number of carbonyl (C=O) groups is 1. The second-order valence-electron chi connectivity index (χ2n) is 6.39. The van der Waals surface area contributed by atoms with E-state index in [0.717, 1.165) is 26.1 Å². The normalized spacial score (nSPS) is 18.9. The van der Waals surface area contributed by atoms with Crippen molar-refractivity contribution in [3.8, 4) is 0 Å². The third-order valence-corrected chi connectivity index (χ3v) is 4.51. The number of likely N-dealkylation sites (N-methyl/N-ethyl adjacent to an activating group) is 2. The molecular weight excluding hydrogens is 286 g/mol. The lowest BCUT2D eigenvalue weighted by atomic mass is 10.2. The third kappa shape index (κ3) is 5.48. The minimum Gasteiger partial charge on any atom is -0.338 e. The number of nitrogens with zero attached hydrogens (tertiary/aromatic N) is 3. The summed E-state index contributed by atoms with van der Waals surface area (Å²) in [7, 11) is 4.23. The van der Waals surface area contributed by atoms with E-state index in [1.165, 1.54) is 5.56 Å². The van der Waals surface area contributed by atoms with E-state index in [9.17, 15) is 4.79 Å². The van der Waals surface area contributed by atoms with E-state index in [0.29, 0.717) is 19.1 Å². The van der Waals surface area contributed by atoms with Gasteiger partial charge in [0.25, 0.3) is 0 Å². The van der Waals surface area contributed by atoms with E-state index in [-0.39, 0.29) is 5.91 Å². The highest BCUT2D eigenvalue weighted by Gasteiger charge is 2.26. The largest absolute Gasteiger partial charge is 0.338 e. The van der Waals surface area contributed by atoms with Gasteiger partial charge in [-0.15, -0.1) is 0 Å². The van der Waals surface area contributed by atoms with Crippen LogP contribution in [0.25, 0.3) is 6.08 Å². The molecule has 126 valence electrons. The second-order valence-corrected chi connectivity index (χ2v) is 6.39. The van der Waals surface area contributed by atoms with Crippen LogP contribution in [0.5, 0.6) is 0 Å². The molecule has 1 aliphatic heterocycles. The van der Waals surface area contributed by atoms with Gasteiger partial charge in [-0.25, -0.2) is 0 Å². The smallest absolute Gasteiger partial charge is 0.237 e. The minimum atomic E-state index is 0.226. The predicted molar refractivity (Wildman–Crippen MR) is 96.3 cm³/mol. The first-order valence-electron chi connectivity index (χ1n) is 8.48. The van der Waals surface area contributed by atoms with Gasteiger partial charge in [-0.1, -0.05) is 42.5 Å². The zero-order valence-corrected chi connectivity index (χ0v) is 14.6. The second kappa shape index (κ2) is 8.85. The Bertz CT molecular complexity index is 513. The molecule has 4 nitrogen and oxygen atoms in total. The number of carbonyl (C=O) groups excluding carboxylic acids is 1. The van der Waals surface area contributed by atoms with Gasteiger partial charge < -0.3 is 9.80 Å². The number of benzene rings is 1. The SMILES string of the molecule is CCN(C/C=C/c1ccccc1)C(=O)CN1CC[C@H](N(C)C)C1. The fourth-order valence-electron chi connectivity index (χ4n) is 2.96. The van der Waals surface area contributed by atoms with Crippen LogP contribution < -0.4 is 0 Å². The van der Waals surface area contributed by atoms with Gasteiger partial charge in [0.15, 0.2) is 0 Å². The van der Waals surface area contributed by atoms with Gasteiger partial charge in [0.1, 0.15) is 0 Å². The maximum atomic E-state index is 12.5. The van der Waals surface area contributed by atoms with E-state index in [4.69, 9.17) is 0 Å². The Morgan fingerprint density at radius 3 is 2.65 bits per heavy atom. The molecular formula is C19H29N3O. The monoisotopic (exact) mass is 315 g/mol. The molecule has 1 amide bonds. The summed E-state index contributed by atoms with van der Waals surface area (Å²) >= 11 is 0. The third-order valence-electron chi connectivity index (χ3n) is 4.51. The van der Waals surface area contributed by atoms with Crippen LogP contribution in [0, 0.1) is 0 Å². The molecule has 4 heteroatoms. The Morgan fingerprint density at radius 1 is 1.30 bits per heavy atom. The Balaban J connectivity index is 1.81. The van der Waals surface area contributed by atoms with Crippen LogP contribution in [0.2, 0.25) is 0 Å². The van der Waals surface area contributed by atoms with Crippen LogP contribution in [-0.4, -0.2) is 73.5 Å². The Morgan fingerprint density at radius 2 is 2.04 bits per heavy atom.